The molecule has 0 aliphatic carbocycles. The number of anilines is 1. The molecule has 1 unspecified atom stereocenters. The number of rotatable bonds is 8. The van der Waals surface area contributed by atoms with Gasteiger partial charge in [-0.25, -0.2) is 4.79 Å². The Labute approximate surface area is 196 Å². The zero-order valence-corrected chi connectivity index (χ0v) is 19.8. The van der Waals surface area contributed by atoms with Crippen LogP contribution in [0, 0.1) is 13.8 Å². The Balaban J connectivity index is 1.65. The van der Waals surface area contributed by atoms with Gasteiger partial charge in [-0.1, -0.05) is 36.4 Å². The van der Waals surface area contributed by atoms with Crippen LogP contribution in [-0.2, 0) is 20.1 Å². The highest BCUT2D eigenvalue weighted by Crippen LogP contribution is 2.21. The average Bonchev–Trinajstić information content (AvgIpc) is 3.19. The Morgan fingerprint density at radius 1 is 1.12 bits per heavy atom. The number of fused-ring (bicyclic) bond motifs is 1. The number of aryl methyl sites for hydroxylation is 3. The number of hydrogen-bond donors (Lipinski definition) is 2. The predicted molar refractivity (Wildman–Crippen MR) is 132 cm³/mol. The third kappa shape index (κ3) is 4.74. The maximum Gasteiger partial charge on any atom is 0.329 e. The van der Waals surface area contributed by atoms with Crippen molar-refractivity contribution in [1.29, 1.82) is 0 Å². The second-order valence-electron chi connectivity index (χ2n) is 8.57. The lowest BCUT2D eigenvalue weighted by molar-refractivity contribution is 0.0936. The van der Waals surface area contributed by atoms with Crippen molar-refractivity contribution in [3.8, 4) is 5.75 Å². The number of aromatic amines is 1. The SMILES string of the molecule is Cc1ccc(OCC(O)Cn2c(N(C)Cc3ccccc3)nc3c2c(=O)[nH]c(=O)n3C)cc1C. The van der Waals surface area contributed by atoms with E-state index in [9.17, 15) is 14.7 Å². The molecule has 0 spiro atoms. The molecule has 4 aromatic rings. The summed E-state index contributed by atoms with van der Waals surface area (Å²) in [7, 11) is 3.41. The lowest BCUT2D eigenvalue weighted by atomic mass is 10.1. The Bertz CT molecular complexity index is 1420. The van der Waals surface area contributed by atoms with E-state index in [1.165, 1.54) is 4.57 Å². The third-order valence-electron chi connectivity index (χ3n) is 5.90. The number of aromatic nitrogens is 4. The Morgan fingerprint density at radius 3 is 2.56 bits per heavy atom. The van der Waals surface area contributed by atoms with Crippen LogP contribution in [0.3, 0.4) is 0 Å². The van der Waals surface area contributed by atoms with E-state index in [4.69, 9.17) is 4.74 Å². The molecule has 2 heterocycles. The number of nitrogens with one attached hydrogen (secondary N) is 1. The standard InChI is InChI=1S/C25H29N5O4/c1-16-10-11-20(12-17(16)2)34-15-19(31)14-30-21-22(29(4)25(33)27-23(21)32)26-24(30)28(3)13-18-8-6-5-7-9-18/h5-12,19,31H,13-15H2,1-4H3,(H,27,32,33). The van der Waals surface area contributed by atoms with Crippen molar-refractivity contribution in [3.05, 3.63) is 86.1 Å². The zero-order chi connectivity index (χ0) is 24.4. The first-order valence-corrected chi connectivity index (χ1v) is 11.1. The second kappa shape index (κ2) is 9.56. The van der Waals surface area contributed by atoms with E-state index in [0.29, 0.717) is 18.2 Å². The third-order valence-corrected chi connectivity index (χ3v) is 5.90. The first-order valence-electron chi connectivity index (χ1n) is 11.1. The summed E-state index contributed by atoms with van der Waals surface area (Å²) in [6.07, 6.45) is -0.917. The maximum absolute atomic E-state index is 12.7. The van der Waals surface area contributed by atoms with Gasteiger partial charge in [-0.05, 0) is 42.7 Å². The average molecular weight is 464 g/mol. The van der Waals surface area contributed by atoms with Crippen LogP contribution in [0.25, 0.3) is 11.2 Å². The van der Waals surface area contributed by atoms with E-state index in [1.54, 1.807) is 11.6 Å². The zero-order valence-electron chi connectivity index (χ0n) is 19.8. The summed E-state index contributed by atoms with van der Waals surface area (Å²) in [6, 6.07) is 15.6. The Morgan fingerprint density at radius 2 is 1.85 bits per heavy atom. The van der Waals surface area contributed by atoms with Gasteiger partial charge < -0.3 is 19.3 Å². The van der Waals surface area contributed by atoms with E-state index >= 15 is 0 Å². The summed E-state index contributed by atoms with van der Waals surface area (Å²) in [5.41, 5.74) is 2.71. The van der Waals surface area contributed by atoms with Crippen LogP contribution in [0.4, 0.5) is 5.95 Å². The van der Waals surface area contributed by atoms with E-state index in [2.05, 4.69) is 9.97 Å². The van der Waals surface area contributed by atoms with E-state index in [0.717, 1.165) is 16.7 Å². The highest BCUT2D eigenvalue weighted by Gasteiger charge is 2.22. The van der Waals surface area contributed by atoms with Gasteiger partial charge in [0.2, 0.25) is 5.95 Å². The number of aliphatic hydroxyl groups is 1. The molecule has 1 atom stereocenters. The highest BCUT2D eigenvalue weighted by molar-refractivity contribution is 5.74. The van der Waals surface area contributed by atoms with Crippen molar-refractivity contribution in [3.63, 3.8) is 0 Å². The summed E-state index contributed by atoms with van der Waals surface area (Å²) in [4.78, 5) is 33.7. The van der Waals surface area contributed by atoms with E-state index < -0.39 is 17.4 Å². The fourth-order valence-corrected chi connectivity index (χ4v) is 3.87. The van der Waals surface area contributed by atoms with Crippen LogP contribution < -0.4 is 20.9 Å². The number of H-pyrrole nitrogens is 1. The molecule has 0 radical (unpaired) electrons. The molecule has 9 heteroatoms. The topological polar surface area (TPSA) is 105 Å². The summed E-state index contributed by atoms with van der Waals surface area (Å²) < 4.78 is 8.74. The quantitative estimate of drug-likeness (QED) is 0.415. The summed E-state index contributed by atoms with van der Waals surface area (Å²) >= 11 is 0. The van der Waals surface area contributed by atoms with Gasteiger partial charge in [0.1, 0.15) is 18.5 Å². The molecule has 0 saturated carbocycles. The smallest absolute Gasteiger partial charge is 0.329 e. The van der Waals surface area contributed by atoms with E-state index in [1.807, 2.05) is 74.3 Å². The fraction of sp³-hybridized carbons (Fsp3) is 0.320. The molecule has 34 heavy (non-hydrogen) atoms. The molecule has 2 aromatic carbocycles. The normalized spacial score (nSPS) is 12.1. The number of benzene rings is 2. The molecule has 4 rings (SSSR count). The molecule has 0 fully saturated rings. The van der Waals surface area contributed by atoms with Crippen molar-refractivity contribution in [2.24, 2.45) is 7.05 Å². The predicted octanol–water partition coefficient (Wildman–Crippen LogP) is 2.12. The molecule has 2 N–H and O–H groups in total. The van der Waals surface area contributed by atoms with Crippen LogP contribution in [0.5, 0.6) is 5.75 Å². The van der Waals surface area contributed by atoms with Crippen LogP contribution >= 0.6 is 0 Å². The van der Waals surface area contributed by atoms with Crippen molar-refractivity contribution < 1.29 is 9.84 Å². The first-order chi connectivity index (χ1) is 16.2. The van der Waals surface area contributed by atoms with Gasteiger partial charge in [0.25, 0.3) is 5.56 Å². The van der Waals surface area contributed by atoms with Crippen molar-refractivity contribution in [2.45, 2.75) is 33.0 Å². The summed E-state index contributed by atoms with van der Waals surface area (Å²) in [5.74, 6) is 1.13. The number of aliphatic hydroxyl groups excluding tert-OH is 1. The molecule has 0 amide bonds. The van der Waals surface area contributed by atoms with Gasteiger partial charge in [-0.3, -0.25) is 14.3 Å². The van der Waals surface area contributed by atoms with Gasteiger partial charge in [0, 0.05) is 20.6 Å². The molecule has 0 bridgehead atoms. The van der Waals surface area contributed by atoms with Gasteiger partial charge in [0.15, 0.2) is 11.2 Å². The lowest BCUT2D eigenvalue weighted by Gasteiger charge is -2.21. The minimum absolute atomic E-state index is 0.0354. The van der Waals surface area contributed by atoms with Crippen LogP contribution in [0.2, 0.25) is 0 Å². The number of ether oxygens (including phenoxy) is 1. The molecular weight excluding hydrogens is 434 g/mol. The monoisotopic (exact) mass is 463 g/mol. The second-order valence-corrected chi connectivity index (χ2v) is 8.57. The summed E-state index contributed by atoms with van der Waals surface area (Å²) in [5, 5.41) is 10.8. The minimum Gasteiger partial charge on any atom is -0.491 e. The van der Waals surface area contributed by atoms with Crippen molar-refractivity contribution >= 4 is 17.1 Å². The van der Waals surface area contributed by atoms with Crippen molar-refractivity contribution in [2.75, 3.05) is 18.6 Å². The number of nitrogens with zero attached hydrogens (tertiary/aromatic N) is 4. The van der Waals surface area contributed by atoms with Gasteiger partial charge in [-0.15, -0.1) is 0 Å². The fourth-order valence-electron chi connectivity index (χ4n) is 3.87. The molecular formula is C25H29N5O4. The lowest BCUT2D eigenvalue weighted by Crippen LogP contribution is -2.31. The van der Waals surface area contributed by atoms with Crippen molar-refractivity contribution in [1.82, 2.24) is 19.1 Å². The van der Waals surface area contributed by atoms with Gasteiger partial charge >= 0.3 is 5.69 Å². The van der Waals surface area contributed by atoms with Gasteiger partial charge in [-0.2, -0.15) is 4.98 Å². The molecule has 9 nitrogen and oxygen atoms in total. The first kappa shape index (κ1) is 23.3. The van der Waals surface area contributed by atoms with Crippen LogP contribution in [-0.4, -0.2) is 44.0 Å². The van der Waals surface area contributed by atoms with Crippen LogP contribution in [0.1, 0.15) is 16.7 Å². The highest BCUT2D eigenvalue weighted by atomic mass is 16.5. The van der Waals surface area contributed by atoms with Gasteiger partial charge in [0.05, 0.1) is 6.54 Å². The minimum atomic E-state index is -0.917. The maximum atomic E-state index is 12.7. The molecule has 0 aliphatic rings. The number of imidazole rings is 1. The largest absolute Gasteiger partial charge is 0.491 e. The molecule has 2 aromatic heterocycles. The van der Waals surface area contributed by atoms with Crippen LogP contribution in [0.15, 0.2) is 58.1 Å². The Hall–Kier alpha value is -3.85. The molecule has 178 valence electrons. The molecule has 0 aliphatic heterocycles. The van der Waals surface area contributed by atoms with E-state index in [-0.39, 0.29) is 24.3 Å². The molecule has 0 saturated heterocycles. The number of hydrogen-bond acceptors (Lipinski definition) is 6. The summed E-state index contributed by atoms with van der Waals surface area (Å²) in [6.45, 7) is 4.66. The Kier molecular flexibility index (Phi) is 6.56.